The highest BCUT2D eigenvalue weighted by Gasteiger charge is 2.28. The quantitative estimate of drug-likeness (QED) is 0.445. The average molecular weight is 462 g/mol. The lowest BCUT2D eigenvalue weighted by molar-refractivity contribution is 0.102. The second-order valence-corrected chi connectivity index (χ2v) is 7.82. The number of nitrogens with one attached hydrogen (secondary N) is 3. The minimum absolute atomic E-state index is 0.0440. The number of hydrogen-bond donors (Lipinski definition) is 3. The van der Waals surface area contributed by atoms with Crippen LogP contribution in [-0.2, 0) is 6.54 Å². The maximum absolute atomic E-state index is 12.9. The van der Waals surface area contributed by atoms with Crippen molar-refractivity contribution in [2.45, 2.75) is 25.5 Å². The molecule has 0 spiro atoms. The van der Waals surface area contributed by atoms with Crippen molar-refractivity contribution in [1.82, 2.24) is 25.1 Å². The number of para-hydroxylation sites is 1. The minimum atomic E-state index is -0.461. The highest BCUT2D eigenvalue weighted by Crippen LogP contribution is 2.32. The van der Waals surface area contributed by atoms with Crippen molar-refractivity contribution in [2.75, 3.05) is 24.2 Å². The van der Waals surface area contributed by atoms with E-state index in [1.807, 2.05) is 13.2 Å². The predicted molar refractivity (Wildman–Crippen MR) is 120 cm³/mol. The first kappa shape index (κ1) is 21.4. The number of ether oxygens (including phenoxy) is 1. The van der Waals surface area contributed by atoms with E-state index in [2.05, 4.69) is 31.0 Å². The summed E-state index contributed by atoms with van der Waals surface area (Å²) in [6, 6.07) is 4.99. The number of aromatic nitrogens is 4. The molecule has 1 aliphatic rings. The van der Waals surface area contributed by atoms with Gasteiger partial charge in [0.25, 0.3) is 5.91 Å². The maximum Gasteiger partial charge on any atom is 0.262 e. The van der Waals surface area contributed by atoms with Crippen LogP contribution in [-0.4, -0.2) is 45.4 Å². The lowest BCUT2D eigenvalue weighted by Gasteiger charge is -2.13. The molecule has 0 unspecified atom stereocenters. The molecular formula is C20H21Cl2N7O2. The Labute approximate surface area is 189 Å². The Balaban J connectivity index is 1.54. The van der Waals surface area contributed by atoms with Gasteiger partial charge in [-0.05, 0) is 32.0 Å². The predicted octanol–water partition coefficient (Wildman–Crippen LogP) is 3.74. The van der Waals surface area contributed by atoms with Gasteiger partial charge < -0.3 is 20.7 Å². The van der Waals surface area contributed by atoms with Crippen LogP contribution in [0.15, 0.2) is 36.8 Å². The molecule has 3 aromatic rings. The third-order valence-corrected chi connectivity index (χ3v) is 5.11. The van der Waals surface area contributed by atoms with Crippen LogP contribution >= 0.6 is 23.2 Å². The third-order valence-electron chi connectivity index (χ3n) is 4.48. The van der Waals surface area contributed by atoms with Crippen LogP contribution in [0.3, 0.4) is 0 Å². The molecule has 9 nitrogen and oxygen atoms in total. The third kappa shape index (κ3) is 5.43. The van der Waals surface area contributed by atoms with Crippen molar-refractivity contribution in [2.24, 2.45) is 0 Å². The molecule has 1 aromatic carbocycles. The van der Waals surface area contributed by atoms with Crippen LogP contribution in [0.1, 0.15) is 23.2 Å². The van der Waals surface area contributed by atoms with E-state index in [9.17, 15) is 4.79 Å². The largest absolute Gasteiger partial charge is 0.474 e. The average Bonchev–Trinajstić information content (AvgIpc) is 3.45. The Hall–Kier alpha value is -2.88. The summed E-state index contributed by atoms with van der Waals surface area (Å²) in [5.41, 5.74) is 1.25. The van der Waals surface area contributed by atoms with E-state index in [0.717, 1.165) is 31.6 Å². The topological polar surface area (TPSA) is 106 Å². The zero-order valence-corrected chi connectivity index (χ0v) is 18.2. The Morgan fingerprint density at radius 1 is 1.26 bits per heavy atom. The summed E-state index contributed by atoms with van der Waals surface area (Å²) < 4.78 is 7.67. The highest BCUT2D eigenvalue weighted by molar-refractivity contribution is 6.40. The van der Waals surface area contributed by atoms with Crippen LogP contribution in [0.2, 0.25) is 10.0 Å². The molecule has 2 heterocycles. The van der Waals surface area contributed by atoms with Gasteiger partial charge in [-0.1, -0.05) is 29.3 Å². The van der Waals surface area contributed by atoms with Crippen LogP contribution in [0.25, 0.3) is 0 Å². The molecule has 1 fully saturated rings. The highest BCUT2D eigenvalue weighted by atomic mass is 35.5. The summed E-state index contributed by atoms with van der Waals surface area (Å²) in [6.45, 7) is 1.54. The number of likely N-dealkylation sites (N-methyl/N-ethyl adjacent to an activating group) is 1. The number of rotatable bonds is 9. The van der Waals surface area contributed by atoms with Crippen molar-refractivity contribution in [3.63, 3.8) is 0 Å². The molecule has 1 amide bonds. The Morgan fingerprint density at radius 3 is 2.74 bits per heavy atom. The number of carbonyl (C=O) groups excluding carboxylic acids is 1. The molecule has 1 aliphatic carbocycles. The first-order valence-electron chi connectivity index (χ1n) is 9.76. The number of halogens is 2. The fourth-order valence-electron chi connectivity index (χ4n) is 2.72. The Bertz CT molecular complexity index is 1060. The van der Waals surface area contributed by atoms with E-state index in [1.165, 1.54) is 6.20 Å². The van der Waals surface area contributed by atoms with Crippen molar-refractivity contribution in [1.29, 1.82) is 0 Å². The summed E-state index contributed by atoms with van der Waals surface area (Å²) in [6.07, 6.45) is 6.83. The first-order valence-corrected chi connectivity index (χ1v) is 10.5. The zero-order chi connectivity index (χ0) is 21.8. The summed E-state index contributed by atoms with van der Waals surface area (Å²) in [5, 5.41) is 13.8. The van der Waals surface area contributed by atoms with Crippen LogP contribution in [0.4, 0.5) is 17.3 Å². The van der Waals surface area contributed by atoms with Crippen molar-refractivity contribution in [3.8, 4) is 5.88 Å². The summed E-state index contributed by atoms with van der Waals surface area (Å²) in [5.74, 6) is 0.0384. The first-order chi connectivity index (χ1) is 15.0. The summed E-state index contributed by atoms with van der Waals surface area (Å²) in [7, 11) is 1.88. The monoisotopic (exact) mass is 461 g/mol. The second-order valence-electron chi connectivity index (χ2n) is 7.00. The number of nitrogens with zero attached hydrogens (tertiary/aromatic N) is 4. The van der Waals surface area contributed by atoms with E-state index in [0.29, 0.717) is 21.7 Å². The van der Waals surface area contributed by atoms with Gasteiger partial charge in [-0.25, -0.2) is 4.98 Å². The van der Waals surface area contributed by atoms with Crippen LogP contribution in [0.5, 0.6) is 5.88 Å². The minimum Gasteiger partial charge on any atom is -0.474 e. The lowest BCUT2D eigenvalue weighted by Crippen LogP contribution is -2.17. The molecule has 0 radical (unpaired) electrons. The standard InChI is InChI=1S/C20H21Cl2N7O2/c1-23-7-8-29-11-12(9-25-29)26-20-24-10-14(19(28-20)31-13-5-6-13)18(30)27-17-15(21)3-2-4-16(17)22/h2-4,9-11,13,23H,5-8H2,1H3,(H,27,30)(H,24,26,28). The molecule has 1 saturated carbocycles. The summed E-state index contributed by atoms with van der Waals surface area (Å²) >= 11 is 12.3. The number of anilines is 3. The van der Waals surface area contributed by atoms with Crippen LogP contribution in [0, 0.1) is 0 Å². The molecule has 4 rings (SSSR count). The van der Waals surface area contributed by atoms with E-state index in [1.54, 1.807) is 29.1 Å². The normalized spacial score (nSPS) is 13.1. The molecule has 0 saturated heterocycles. The van der Waals surface area contributed by atoms with E-state index in [-0.39, 0.29) is 17.5 Å². The summed E-state index contributed by atoms with van der Waals surface area (Å²) in [4.78, 5) is 21.6. The molecule has 0 bridgehead atoms. The second kappa shape index (κ2) is 9.51. The van der Waals surface area contributed by atoms with Crippen molar-refractivity contribution < 1.29 is 9.53 Å². The van der Waals surface area contributed by atoms with Gasteiger partial charge in [-0.2, -0.15) is 10.1 Å². The van der Waals surface area contributed by atoms with E-state index >= 15 is 0 Å². The molecular weight excluding hydrogens is 441 g/mol. The fraction of sp³-hybridized carbons (Fsp3) is 0.300. The Kier molecular flexibility index (Phi) is 6.55. The van der Waals surface area contributed by atoms with Gasteiger partial charge in [0, 0.05) is 18.9 Å². The Morgan fingerprint density at radius 2 is 2.03 bits per heavy atom. The van der Waals surface area contributed by atoms with Gasteiger partial charge in [0.2, 0.25) is 11.8 Å². The zero-order valence-electron chi connectivity index (χ0n) is 16.7. The van der Waals surface area contributed by atoms with Gasteiger partial charge in [0.05, 0.1) is 34.2 Å². The van der Waals surface area contributed by atoms with Gasteiger partial charge in [-0.3, -0.25) is 9.48 Å². The van der Waals surface area contributed by atoms with Gasteiger partial charge in [-0.15, -0.1) is 0 Å². The number of hydrogen-bond acceptors (Lipinski definition) is 7. The van der Waals surface area contributed by atoms with E-state index < -0.39 is 5.91 Å². The molecule has 31 heavy (non-hydrogen) atoms. The molecule has 0 atom stereocenters. The molecule has 2 aromatic heterocycles. The molecule has 11 heteroatoms. The number of amides is 1. The maximum atomic E-state index is 12.9. The molecule has 162 valence electrons. The van der Waals surface area contributed by atoms with Crippen molar-refractivity contribution >= 4 is 46.4 Å². The van der Waals surface area contributed by atoms with Crippen LogP contribution < -0.4 is 20.7 Å². The lowest BCUT2D eigenvalue weighted by atomic mass is 10.2. The van der Waals surface area contributed by atoms with Gasteiger partial charge in [0.15, 0.2) is 0 Å². The molecule has 3 N–H and O–H groups in total. The van der Waals surface area contributed by atoms with Gasteiger partial charge >= 0.3 is 0 Å². The molecule has 0 aliphatic heterocycles. The van der Waals surface area contributed by atoms with Crippen molar-refractivity contribution in [3.05, 3.63) is 52.4 Å². The number of benzene rings is 1. The fourth-order valence-corrected chi connectivity index (χ4v) is 3.21. The van der Waals surface area contributed by atoms with Gasteiger partial charge in [0.1, 0.15) is 11.7 Å². The smallest absolute Gasteiger partial charge is 0.262 e. The SMILES string of the molecule is CNCCn1cc(Nc2ncc(C(=O)Nc3c(Cl)cccc3Cl)c(OC3CC3)n2)cn1. The van der Waals surface area contributed by atoms with E-state index in [4.69, 9.17) is 27.9 Å². The number of carbonyl (C=O) groups is 1.